The Balaban J connectivity index is 1.52. The van der Waals surface area contributed by atoms with Gasteiger partial charge in [0.1, 0.15) is 0 Å². The number of nitrogens with zero attached hydrogens (tertiary/aromatic N) is 2. The van der Waals surface area contributed by atoms with E-state index in [9.17, 15) is 9.59 Å². The van der Waals surface area contributed by atoms with Crippen LogP contribution in [0.15, 0.2) is 46.9 Å². The minimum Gasteiger partial charge on any atom is -0.335 e. The normalized spacial score (nSPS) is 14.2. The Morgan fingerprint density at radius 2 is 1.67 bits per heavy atom. The third kappa shape index (κ3) is 4.94. The molecule has 1 heterocycles. The molecule has 1 aliphatic rings. The van der Waals surface area contributed by atoms with E-state index in [0.717, 1.165) is 10.0 Å². The van der Waals surface area contributed by atoms with Crippen LogP contribution in [0.25, 0.3) is 0 Å². The Kier molecular flexibility index (Phi) is 6.63. The van der Waals surface area contributed by atoms with E-state index >= 15 is 0 Å². The predicted octanol–water partition coefficient (Wildman–Crippen LogP) is 4.42. The smallest absolute Gasteiger partial charge is 0.317 e. The number of nitrogens with one attached hydrogen (secondary N) is 1. The van der Waals surface area contributed by atoms with Crippen LogP contribution in [-0.2, 0) is 6.54 Å². The van der Waals surface area contributed by atoms with E-state index in [4.69, 9.17) is 23.2 Å². The SMILES string of the molecule is O=C(NCc1cccc(Br)c1Cl)N1CCN(C(=O)c2cccc(Cl)c2)CC1. The molecule has 3 amide bonds. The van der Waals surface area contributed by atoms with Gasteiger partial charge in [0, 0.05) is 47.8 Å². The van der Waals surface area contributed by atoms with E-state index in [1.54, 1.807) is 34.1 Å². The number of rotatable bonds is 3. The summed E-state index contributed by atoms with van der Waals surface area (Å²) < 4.78 is 0.795. The van der Waals surface area contributed by atoms with Gasteiger partial charge in [-0.25, -0.2) is 4.79 Å². The average molecular weight is 471 g/mol. The van der Waals surface area contributed by atoms with Crippen molar-refractivity contribution < 1.29 is 9.59 Å². The Hall–Kier alpha value is -1.76. The van der Waals surface area contributed by atoms with Crippen molar-refractivity contribution >= 4 is 51.1 Å². The van der Waals surface area contributed by atoms with E-state index in [1.807, 2.05) is 18.2 Å². The molecule has 0 saturated carbocycles. The highest BCUT2D eigenvalue weighted by atomic mass is 79.9. The fourth-order valence-electron chi connectivity index (χ4n) is 2.88. The summed E-state index contributed by atoms with van der Waals surface area (Å²) >= 11 is 15.5. The first-order chi connectivity index (χ1) is 13.0. The van der Waals surface area contributed by atoms with Gasteiger partial charge in [-0.1, -0.05) is 41.4 Å². The summed E-state index contributed by atoms with van der Waals surface area (Å²) in [6.07, 6.45) is 0. The first-order valence-electron chi connectivity index (χ1n) is 8.46. The van der Waals surface area contributed by atoms with Gasteiger partial charge in [-0.3, -0.25) is 4.79 Å². The number of hydrogen-bond acceptors (Lipinski definition) is 2. The van der Waals surface area contributed by atoms with E-state index in [1.165, 1.54) is 0 Å². The first kappa shape index (κ1) is 20.0. The molecule has 0 atom stereocenters. The zero-order chi connectivity index (χ0) is 19.4. The number of urea groups is 1. The van der Waals surface area contributed by atoms with Crippen LogP contribution in [-0.4, -0.2) is 47.9 Å². The van der Waals surface area contributed by atoms with Crippen LogP contribution in [0.2, 0.25) is 10.0 Å². The first-order valence-corrected chi connectivity index (χ1v) is 10.0. The van der Waals surface area contributed by atoms with Crippen molar-refractivity contribution in [1.29, 1.82) is 0 Å². The molecule has 1 N–H and O–H groups in total. The fourth-order valence-corrected chi connectivity index (χ4v) is 3.67. The summed E-state index contributed by atoms with van der Waals surface area (Å²) in [5.41, 5.74) is 1.40. The summed E-state index contributed by atoms with van der Waals surface area (Å²) in [5.74, 6) is -0.0709. The van der Waals surface area contributed by atoms with Crippen molar-refractivity contribution in [2.75, 3.05) is 26.2 Å². The molecule has 1 fully saturated rings. The zero-order valence-corrected chi connectivity index (χ0v) is 17.5. The van der Waals surface area contributed by atoms with Crippen LogP contribution in [0.1, 0.15) is 15.9 Å². The number of benzene rings is 2. The maximum absolute atomic E-state index is 12.5. The number of piperazine rings is 1. The lowest BCUT2D eigenvalue weighted by molar-refractivity contribution is 0.0665. The van der Waals surface area contributed by atoms with Gasteiger partial charge in [0.15, 0.2) is 0 Å². The van der Waals surface area contributed by atoms with Crippen molar-refractivity contribution in [2.45, 2.75) is 6.54 Å². The number of hydrogen-bond donors (Lipinski definition) is 1. The van der Waals surface area contributed by atoms with Crippen LogP contribution in [0, 0.1) is 0 Å². The molecule has 5 nitrogen and oxygen atoms in total. The second kappa shape index (κ2) is 8.95. The molecule has 0 bridgehead atoms. The summed E-state index contributed by atoms with van der Waals surface area (Å²) in [7, 11) is 0. The lowest BCUT2D eigenvalue weighted by Crippen LogP contribution is -2.53. The van der Waals surface area contributed by atoms with E-state index in [0.29, 0.717) is 48.3 Å². The van der Waals surface area contributed by atoms with Crippen molar-refractivity contribution in [3.05, 3.63) is 68.1 Å². The Morgan fingerprint density at radius 3 is 2.37 bits per heavy atom. The topological polar surface area (TPSA) is 52.7 Å². The molecule has 1 aliphatic heterocycles. The molecule has 142 valence electrons. The van der Waals surface area contributed by atoms with Crippen LogP contribution >= 0.6 is 39.1 Å². The Morgan fingerprint density at radius 1 is 1.00 bits per heavy atom. The maximum atomic E-state index is 12.5. The van der Waals surface area contributed by atoms with Gasteiger partial charge < -0.3 is 15.1 Å². The summed E-state index contributed by atoms with van der Waals surface area (Å²) in [5, 5.41) is 4.01. The number of carbonyl (C=O) groups excluding carboxylic acids is 2. The maximum Gasteiger partial charge on any atom is 0.317 e. The van der Waals surface area contributed by atoms with Gasteiger partial charge in [-0.2, -0.15) is 0 Å². The molecule has 3 rings (SSSR count). The minimum atomic E-state index is -0.166. The third-order valence-corrected chi connectivity index (χ3v) is 5.96. The van der Waals surface area contributed by atoms with Crippen molar-refractivity contribution in [3.8, 4) is 0 Å². The standard InChI is InChI=1S/C19H18BrCl2N3O2/c20-16-6-2-4-14(17(16)22)12-23-19(27)25-9-7-24(8-10-25)18(26)13-3-1-5-15(21)11-13/h1-6,11H,7-10,12H2,(H,23,27). The second-order valence-corrected chi connectivity index (χ2v) is 7.83. The van der Waals surface area contributed by atoms with Crippen LogP contribution < -0.4 is 5.32 Å². The number of amides is 3. The molecular weight excluding hydrogens is 453 g/mol. The molecule has 8 heteroatoms. The van der Waals surface area contributed by atoms with Gasteiger partial charge in [-0.15, -0.1) is 0 Å². The van der Waals surface area contributed by atoms with Crippen molar-refractivity contribution in [1.82, 2.24) is 15.1 Å². The lowest BCUT2D eigenvalue weighted by atomic mass is 10.2. The Labute approximate surface area is 176 Å². The molecule has 2 aromatic carbocycles. The van der Waals surface area contributed by atoms with Crippen LogP contribution in [0.4, 0.5) is 4.79 Å². The zero-order valence-electron chi connectivity index (χ0n) is 14.4. The highest BCUT2D eigenvalue weighted by Gasteiger charge is 2.25. The molecule has 1 saturated heterocycles. The third-order valence-electron chi connectivity index (χ3n) is 4.39. The monoisotopic (exact) mass is 469 g/mol. The highest BCUT2D eigenvalue weighted by Crippen LogP contribution is 2.25. The molecule has 27 heavy (non-hydrogen) atoms. The van der Waals surface area contributed by atoms with Gasteiger partial charge in [0.25, 0.3) is 5.91 Å². The highest BCUT2D eigenvalue weighted by molar-refractivity contribution is 9.10. The number of carbonyl (C=O) groups is 2. The van der Waals surface area contributed by atoms with Gasteiger partial charge in [0.2, 0.25) is 0 Å². The summed E-state index contributed by atoms with van der Waals surface area (Å²) in [4.78, 5) is 28.4. The van der Waals surface area contributed by atoms with E-state index in [-0.39, 0.29) is 11.9 Å². The van der Waals surface area contributed by atoms with Gasteiger partial charge >= 0.3 is 6.03 Å². The van der Waals surface area contributed by atoms with Crippen LogP contribution in [0.5, 0.6) is 0 Å². The molecule has 0 aromatic heterocycles. The summed E-state index contributed by atoms with van der Waals surface area (Å²) in [6, 6.07) is 12.3. The minimum absolute atomic E-state index is 0.0709. The largest absolute Gasteiger partial charge is 0.335 e. The fraction of sp³-hybridized carbons (Fsp3) is 0.263. The van der Waals surface area contributed by atoms with Gasteiger partial charge in [-0.05, 0) is 45.8 Å². The van der Waals surface area contributed by atoms with Crippen molar-refractivity contribution in [3.63, 3.8) is 0 Å². The second-order valence-electron chi connectivity index (χ2n) is 6.16. The lowest BCUT2D eigenvalue weighted by Gasteiger charge is -2.34. The predicted molar refractivity (Wildman–Crippen MR) is 110 cm³/mol. The van der Waals surface area contributed by atoms with E-state index in [2.05, 4.69) is 21.2 Å². The molecule has 0 spiro atoms. The van der Waals surface area contributed by atoms with Gasteiger partial charge in [0.05, 0.1) is 5.02 Å². The van der Waals surface area contributed by atoms with E-state index < -0.39 is 0 Å². The average Bonchev–Trinajstić information content (AvgIpc) is 2.68. The molecular formula is C19H18BrCl2N3O2. The van der Waals surface area contributed by atoms with Crippen molar-refractivity contribution in [2.24, 2.45) is 0 Å². The summed E-state index contributed by atoms with van der Waals surface area (Å²) in [6.45, 7) is 2.26. The number of halogens is 3. The van der Waals surface area contributed by atoms with Crippen LogP contribution in [0.3, 0.4) is 0 Å². The quantitative estimate of drug-likeness (QED) is 0.721. The molecule has 2 aromatic rings. The molecule has 0 aliphatic carbocycles. The molecule has 0 unspecified atom stereocenters. The Bertz CT molecular complexity index is 855. The molecule has 0 radical (unpaired) electrons.